The van der Waals surface area contributed by atoms with Gasteiger partial charge in [-0.3, -0.25) is 33.9 Å². The van der Waals surface area contributed by atoms with Crippen molar-refractivity contribution in [3.8, 4) is 0 Å². The zero-order valence-electron chi connectivity index (χ0n) is 19.5. The van der Waals surface area contributed by atoms with Crippen molar-refractivity contribution >= 4 is 23.7 Å². The van der Waals surface area contributed by atoms with Gasteiger partial charge in [-0.1, -0.05) is 20.8 Å². The molecule has 1 saturated heterocycles. The number of carbonyl (C=O) groups excluding carboxylic acids is 1. The largest absolute Gasteiger partial charge is 0.480 e. The normalized spacial score (nSPS) is 17.5. The summed E-state index contributed by atoms with van der Waals surface area (Å²) in [4.78, 5) is 53.2. The molecule has 11 heteroatoms. The third kappa shape index (κ3) is 12.1. The van der Waals surface area contributed by atoms with Crippen molar-refractivity contribution in [2.24, 2.45) is 5.41 Å². The van der Waals surface area contributed by atoms with Gasteiger partial charge in [-0.2, -0.15) is 0 Å². The third-order valence-electron chi connectivity index (χ3n) is 5.43. The van der Waals surface area contributed by atoms with Crippen LogP contribution in [-0.4, -0.2) is 137 Å². The van der Waals surface area contributed by atoms with Crippen LogP contribution in [-0.2, 0) is 19.2 Å². The molecule has 3 N–H and O–H groups in total. The molecule has 1 fully saturated rings. The number of ketones is 1. The van der Waals surface area contributed by atoms with E-state index < -0.39 is 23.3 Å². The van der Waals surface area contributed by atoms with E-state index in [4.69, 9.17) is 10.2 Å². The van der Waals surface area contributed by atoms with Crippen molar-refractivity contribution in [3.05, 3.63) is 0 Å². The predicted octanol–water partition coefficient (Wildman–Crippen LogP) is -0.533. The van der Waals surface area contributed by atoms with Gasteiger partial charge in [0.25, 0.3) is 0 Å². The highest BCUT2D eigenvalue weighted by molar-refractivity contribution is 5.86. The van der Waals surface area contributed by atoms with Gasteiger partial charge < -0.3 is 20.2 Å². The quantitative estimate of drug-likeness (QED) is 0.347. The summed E-state index contributed by atoms with van der Waals surface area (Å²) >= 11 is 0. The average Bonchev–Trinajstić information content (AvgIpc) is 2.72. The Bertz CT molecular complexity index is 623. The molecular formula is C21H38N4O7. The second-order valence-corrected chi connectivity index (χ2v) is 9.31. The first-order valence-corrected chi connectivity index (χ1v) is 10.9. The zero-order valence-corrected chi connectivity index (χ0v) is 19.5. The van der Waals surface area contributed by atoms with Gasteiger partial charge in [-0.15, -0.1) is 0 Å². The second kappa shape index (κ2) is 13.5. The minimum Gasteiger partial charge on any atom is -0.480 e. The van der Waals surface area contributed by atoms with Crippen LogP contribution >= 0.6 is 0 Å². The van der Waals surface area contributed by atoms with Gasteiger partial charge in [-0.25, -0.2) is 0 Å². The molecule has 32 heavy (non-hydrogen) atoms. The molecule has 0 atom stereocenters. The molecule has 0 aromatic rings. The van der Waals surface area contributed by atoms with Gasteiger partial charge in [0, 0.05) is 51.2 Å². The second-order valence-electron chi connectivity index (χ2n) is 9.31. The smallest absolute Gasteiger partial charge is 0.317 e. The fraction of sp³-hybridized carbons (Fsp3) is 0.810. The topological polar surface area (TPSA) is 142 Å². The number of carbonyl (C=O) groups is 4. The highest BCUT2D eigenvalue weighted by atomic mass is 16.4. The highest BCUT2D eigenvalue weighted by Gasteiger charge is 2.25. The minimum atomic E-state index is -0.983. The molecule has 1 heterocycles. The van der Waals surface area contributed by atoms with Crippen LogP contribution in [0, 0.1) is 5.41 Å². The van der Waals surface area contributed by atoms with E-state index in [0.717, 1.165) is 0 Å². The predicted molar refractivity (Wildman–Crippen MR) is 118 cm³/mol. The summed E-state index contributed by atoms with van der Waals surface area (Å²) in [5.41, 5.74) is -0.542. The van der Waals surface area contributed by atoms with Crippen LogP contribution < -0.4 is 0 Å². The Kier molecular flexibility index (Phi) is 11.8. The van der Waals surface area contributed by atoms with Crippen LogP contribution in [0.25, 0.3) is 0 Å². The van der Waals surface area contributed by atoms with E-state index in [9.17, 15) is 24.3 Å². The summed E-state index contributed by atoms with van der Waals surface area (Å²) in [5, 5.41) is 27.4. The minimum absolute atomic E-state index is 0.0184. The van der Waals surface area contributed by atoms with E-state index >= 15 is 0 Å². The van der Waals surface area contributed by atoms with Crippen molar-refractivity contribution in [1.29, 1.82) is 0 Å². The maximum Gasteiger partial charge on any atom is 0.317 e. The van der Waals surface area contributed by atoms with Crippen LogP contribution in [0.4, 0.5) is 0 Å². The van der Waals surface area contributed by atoms with E-state index in [1.807, 2.05) is 20.8 Å². The lowest BCUT2D eigenvalue weighted by Gasteiger charge is -2.27. The van der Waals surface area contributed by atoms with E-state index in [0.29, 0.717) is 58.8 Å². The molecule has 1 aliphatic heterocycles. The van der Waals surface area contributed by atoms with Gasteiger partial charge in [-0.05, 0) is 13.0 Å². The molecule has 0 amide bonds. The Morgan fingerprint density at radius 1 is 0.719 bits per heavy atom. The van der Waals surface area contributed by atoms with Crippen molar-refractivity contribution in [3.63, 3.8) is 0 Å². The maximum absolute atomic E-state index is 12.3. The average molecular weight is 459 g/mol. The Morgan fingerprint density at radius 2 is 1.16 bits per heavy atom. The Balaban J connectivity index is 2.70. The summed E-state index contributed by atoms with van der Waals surface area (Å²) in [6.07, 6.45) is 0.641. The molecule has 0 bridgehead atoms. The van der Waals surface area contributed by atoms with Crippen molar-refractivity contribution in [2.45, 2.75) is 27.2 Å². The highest BCUT2D eigenvalue weighted by Crippen LogP contribution is 2.15. The molecule has 0 saturated carbocycles. The zero-order chi connectivity index (χ0) is 24.3. The standard InChI is InChI=1S/C21H38N4O7/c1-21(2,3)17(26)13-25(16-20(31)32)6-4-5-22-7-9-23(14-18(27)28)11-12-24(10-8-22)15-19(29)30/h4-16H2,1-3H3,(H,27,28)(H,29,30)(H,31,32). The molecule has 0 spiro atoms. The van der Waals surface area contributed by atoms with Crippen LogP contribution in [0.3, 0.4) is 0 Å². The van der Waals surface area contributed by atoms with Crippen molar-refractivity contribution in [1.82, 2.24) is 19.6 Å². The molecule has 0 aliphatic carbocycles. The third-order valence-corrected chi connectivity index (χ3v) is 5.43. The molecule has 184 valence electrons. The summed E-state index contributed by atoms with van der Waals surface area (Å²) in [5.74, 6) is -2.85. The molecule has 0 unspecified atom stereocenters. The molecule has 0 aromatic heterocycles. The maximum atomic E-state index is 12.3. The SMILES string of the molecule is CC(C)(C)C(=O)CN(CCCN1CCN(CC(=O)O)CCN(CC(=O)O)CC1)CC(=O)O. The van der Waals surface area contributed by atoms with E-state index in [-0.39, 0.29) is 32.0 Å². The number of nitrogens with zero attached hydrogens (tertiary/aromatic N) is 4. The van der Waals surface area contributed by atoms with Gasteiger partial charge in [0.2, 0.25) is 0 Å². The Labute approximate surface area is 189 Å². The van der Waals surface area contributed by atoms with Gasteiger partial charge in [0.15, 0.2) is 5.78 Å². The first kappa shape index (κ1) is 28.0. The lowest BCUT2D eigenvalue weighted by Crippen LogP contribution is -2.41. The summed E-state index contributed by atoms with van der Waals surface area (Å²) < 4.78 is 0. The molecule has 11 nitrogen and oxygen atoms in total. The summed E-state index contributed by atoms with van der Waals surface area (Å²) in [7, 11) is 0. The molecular weight excluding hydrogens is 420 g/mol. The molecule has 0 aromatic carbocycles. The number of carboxylic acid groups (broad SMARTS) is 3. The fourth-order valence-corrected chi connectivity index (χ4v) is 3.47. The van der Waals surface area contributed by atoms with Gasteiger partial charge in [0.1, 0.15) is 0 Å². The van der Waals surface area contributed by atoms with Gasteiger partial charge in [0.05, 0.1) is 26.2 Å². The van der Waals surface area contributed by atoms with Crippen LogP contribution in [0.1, 0.15) is 27.2 Å². The van der Waals surface area contributed by atoms with Crippen LogP contribution in [0.2, 0.25) is 0 Å². The number of hydrogen-bond acceptors (Lipinski definition) is 8. The van der Waals surface area contributed by atoms with Crippen molar-refractivity contribution in [2.75, 3.05) is 78.5 Å². The van der Waals surface area contributed by atoms with Gasteiger partial charge >= 0.3 is 17.9 Å². The van der Waals surface area contributed by atoms with Crippen LogP contribution in [0.15, 0.2) is 0 Å². The molecule has 1 rings (SSSR count). The molecule has 0 radical (unpaired) electrons. The number of aliphatic carboxylic acids is 3. The first-order chi connectivity index (χ1) is 14.9. The van der Waals surface area contributed by atoms with Crippen molar-refractivity contribution < 1.29 is 34.5 Å². The number of hydrogen-bond donors (Lipinski definition) is 3. The first-order valence-electron chi connectivity index (χ1n) is 10.9. The van der Waals surface area contributed by atoms with E-state index in [2.05, 4.69) is 4.90 Å². The molecule has 1 aliphatic rings. The lowest BCUT2D eigenvalue weighted by atomic mass is 9.90. The summed E-state index contributed by atoms with van der Waals surface area (Å²) in [6, 6.07) is 0. The Hall–Kier alpha value is -2.08. The monoisotopic (exact) mass is 458 g/mol. The van der Waals surface area contributed by atoms with E-state index in [1.165, 1.54) is 0 Å². The lowest BCUT2D eigenvalue weighted by molar-refractivity contribution is -0.140. The van der Waals surface area contributed by atoms with E-state index in [1.54, 1.807) is 14.7 Å². The number of carboxylic acids is 3. The number of Topliss-reactive ketones (excluding diaryl/α,β-unsaturated/α-hetero) is 1. The van der Waals surface area contributed by atoms with Crippen LogP contribution in [0.5, 0.6) is 0 Å². The number of rotatable bonds is 12. The summed E-state index contributed by atoms with van der Waals surface area (Å²) in [6.45, 7) is 9.51. The fourth-order valence-electron chi connectivity index (χ4n) is 3.47. The Morgan fingerprint density at radius 3 is 1.53 bits per heavy atom.